The number of aromatic carboxylic acids is 1. The number of benzene rings is 2. The molecule has 5 nitrogen and oxygen atoms in total. The fraction of sp³-hybridized carbons (Fsp3) is 0.370. The quantitative estimate of drug-likeness (QED) is 0.397. The van der Waals surface area contributed by atoms with Gasteiger partial charge in [0.25, 0.3) is 0 Å². The zero-order valence-electron chi connectivity index (χ0n) is 19.2. The Bertz CT molecular complexity index is 969. The van der Waals surface area contributed by atoms with E-state index in [1.807, 2.05) is 56.3 Å². The topological polar surface area (TPSA) is 67.8 Å². The van der Waals surface area contributed by atoms with Crippen LogP contribution >= 0.6 is 0 Å². The number of methoxy groups -OCH3 is 1. The number of ether oxygens (including phenoxy) is 2. The third-order valence-electron chi connectivity index (χ3n) is 5.62. The maximum absolute atomic E-state index is 12.4. The fourth-order valence-electron chi connectivity index (χ4n) is 3.89. The Kier molecular flexibility index (Phi) is 8.51. The summed E-state index contributed by atoms with van der Waals surface area (Å²) < 4.78 is 11.9. The smallest absolute Gasteiger partial charge is 0.340 e. The average Bonchev–Trinajstić information content (AvgIpc) is 2.80. The molecule has 2 aromatic rings. The van der Waals surface area contributed by atoms with Gasteiger partial charge in [0, 0.05) is 11.6 Å². The molecule has 2 aromatic carbocycles. The Labute approximate surface area is 190 Å². The number of piperidine rings is 1. The normalized spacial score (nSPS) is 16.0. The van der Waals surface area contributed by atoms with Gasteiger partial charge >= 0.3 is 5.97 Å². The zero-order chi connectivity index (χ0) is 22.9. The second-order valence-corrected chi connectivity index (χ2v) is 8.34. The van der Waals surface area contributed by atoms with Gasteiger partial charge in [-0.3, -0.25) is 0 Å². The van der Waals surface area contributed by atoms with Gasteiger partial charge in [0.05, 0.1) is 7.11 Å². The van der Waals surface area contributed by atoms with E-state index in [1.165, 1.54) is 0 Å². The highest BCUT2D eigenvalue weighted by atomic mass is 16.5. The third kappa shape index (κ3) is 6.24. The molecule has 1 unspecified atom stereocenters. The summed E-state index contributed by atoms with van der Waals surface area (Å²) in [7, 11) is 1.61. The Morgan fingerprint density at radius 2 is 1.97 bits per heavy atom. The van der Waals surface area contributed by atoms with E-state index in [2.05, 4.69) is 11.4 Å². The van der Waals surface area contributed by atoms with Crippen LogP contribution in [0.25, 0.3) is 12.2 Å². The van der Waals surface area contributed by atoms with Crippen LogP contribution in [0.5, 0.6) is 11.5 Å². The highest BCUT2D eigenvalue weighted by molar-refractivity contribution is 5.97. The van der Waals surface area contributed by atoms with Crippen molar-refractivity contribution in [2.24, 2.45) is 0 Å². The van der Waals surface area contributed by atoms with E-state index in [9.17, 15) is 9.90 Å². The Hall–Kier alpha value is -3.05. The van der Waals surface area contributed by atoms with Gasteiger partial charge in [-0.15, -0.1) is 0 Å². The number of carbonyl (C=O) groups is 1. The molecule has 0 aliphatic carbocycles. The molecule has 0 amide bonds. The largest absolute Gasteiger partial charge is 0.496 e. The van der Waals surface area contributed by atoms with Crippen LogP contribution < -0.4 is 14.8 Å². The molecule has 1 atom stereocenters. The van der Waals surface area contributed by atoms with Crippen molar-refractivity contribution in [2.45, 2.75) is 45.6 Å². The van der Waals surface area contributed by atoms with Gasteiger partial charge in [-0.2, -0.15) is 0 Å². The van der Waals surface area contributed by atoms with Crippen LogP contribution in [0.2, 0.25) is 0 Å². The molecule has 1 heterocycles. The number of nitrogens with one attached hydrogen (secondary N) is 1. The number of hydrogen-bond donors (Lipinski definition) is 2. The Morgan fingerprint density at radius 1 is 1.19 bits per heavy atom. The van der Waals surface area contributed by atoms with Gasteiger partial charge < -0.3 is 19.9 Å². The van der Waals surface area contributed by atoms with Crippen LogP contribution in [0.1, 0.15) is 60.2 Å². The summed E-state index contributed by atoms with van der Waals surface area (Å²) >= 11 is 0. The van der Waals surface area contributed by atoms with Crippen molar-refractivity contribution in [3.8, 4) is 11.5 Å². The van der Waals surface area contributed by atoms with Crippen molar-refractivity contribution in [2.75, 3.05) is 20.3 Å². The van der Waals surface area contributed by atoms with Gasteiger partial charge in [0.2, 0.25) is 0 Å². The molecule has 0 aromatic heterocycles. The Balaban J connectivity index is 2.07. The van der Waals surface area contributed by atoms with E-state index in [1.54, 1.807) is 13.2 Å². The molecule has 2 N–H and O–H groups in total. The molecule has 0 bridgehead atoms. The predicted molar refractivity (Wildman–Crippen MR) is 130 cm³/mol. The summed E-state index contributed by atoms with van der Waals surface area (Å²) in [6.45, 7) is 5.44. The number of carboxylic acid groups (broad SMARTS) is 1. The number of rotatable bonds is 9. The number of hydrogen-bond acceptors (Lipinski definition) is 4. The first-order chi connectivity index (χ1) is 15.5. The van der Waals surface area contributed by atoms with Gasteiger partial charge in [-0.05, 0) is 56.8 Å². The second kappa shape index (κ2) is 11.5. The average molecular weight is 436 g/mol. The summed E-state index contributed by atoms with van der Waals surface area (Å²) in [5, 5.41) is 13.6. The SMILES string of the molecule is COc1cc(/C=C/c2ccccc2)c(C(=O)O)c(OCC2CCCCN2)c1CC=C(C)C. The lowest BCUT2D eigenvalue weighted by Crippen LogP contribution is -2.38. The zero-order valence-corrected chi connectivity index (χ0v) is 19.2. The molecule has 1 aliphatic heterocycles. The van der Waals surface area contributed by atoms with Crippen LogP contribution in [0.15, 0.2) is 48.0 Å². The van der Waals surface area contributed by atoms with E-state index < -0.39 is 5.97 Å². The van der Waals surface area contributed by atoms with E-state index in [0.29, 0.717) is 30.1 Å². The van der Waals surface area contributed by atoms with Crippen LogP contribution in [0.3, 0.4) is 0 Å². The lowest BCUT2D eigenvalue weighted by atomic mass is 9.97. The molecule has 5 heteroatoms. The van der Waals surface area contributed by atoms with Crippen LogP contribution in [0.4, 0.5) is 0 Å². The molecule has 0 saturated carbocycles. The van der Waals surface area contributed by atoms with Crippen molar-refractivity contribution in [1.29, 1.82) is 0 Å². The van der Waals surface area contributed by atoms with Gasteiger partial charge in [-0.25, -0.2) is 4.79 Å². The Morgan fingerprint density at radius 3 is 2.59 bits per heavy atom. The second-order valence-electron chi connectivity index (χ2n) is 8.34. The van der Waals surface area contributed by atoms with Crippen molar-refractivity contribution < 1.29 is 19.4 Å². The summed E-state index contributed by atoms with van der Waals surface area (Å²) in [6, 6.07) is 11.8. The first-order valence-corrected chi connectivity index (χ1v) is 11.2. The first kappa shape index (κ1) is 23.6. The maximum Gasteiger partial charge on any atom is 0.340 e. The molecular weight excluding hydrogens is 402 g/mol. The molecule has 170 valence electrons. The van der Waals surface area contributed by atoms with E-state index in [0.717, 1.165) is 42.5 Å². The molecule has 32 heavy (non-hydrogen) atoms. The highest BCUT2D eigenvalue weighted by Gasteiger charge is 2.25. The molecule has 1 fully saturated rings. The minimum Gasteiger partial charge on any atom is -0.496 e. The summed E-state index contributed by atoms with van der Waals surface area (Å²) in [4.78, 5) is 12.4. The first-order valence-electron chi connectivity index (χ1n) is 11.2. The number of carboxylic acids is 1. The molecule has 1 saturated heterocycles. The molecule has 0 radical (unpaired) electrons. The van der Waals surface area contributed by atoms with Gasteiger partial charge in [0.15, 0.2) is 0 Å². The lowest BCUT2D eigenvalue weighted by molar-refractivity contribution is 0.0690. The molecule has 0 spiro atoms. The predicted octanol–water partition coefficient (Wildman–Crippen LogP) is 5.59. The van der Waals surface area contributed by atoms with Crippen LogP contribution in [0, 0.1) is 0 Å². The number of allylic oxidation sites excluding steroid dienone is 2. The summed E-state index contributed by atoms with van der Waals surface area (Å²) in [5.74, 6) is 0.0201. The van der Waals surface area contributed by atoms with Crippen molar-refractivity contribution in [3.05, 3.63) is 70.3 Å². The van der Waals surface area contributed by atoms with Crippen LogP contribution in [-0.2, 0) is 6.42 Å². The van der Waals surface area contributed by atoms with Crippen molar-refractivity contribution >= 4 is 18.1 Å². The minimum atomic E-state index is -1.01. The third-order valence-corrected chi connectivity index (χ3v) is 5.62. The standard InChI is InChI=1S/C27H33NO4/c1-19(2)12-15-23-24(31-3)17-21(14-13-20-9-5-4-6-10-20)25(27(29)30)26(23)32-18-22-11-7-8-16-28-22/h4-6,9-10,12-14,17,22,28H,7-8,11,15-16,18H2,1-3H3,(H,29,30)/b14-13+. The highest BCUT2D eigenvalue weighted by Crippen LogP contribution is 2.37. The molecule has 1 aliphatic rings. The maximum atomic E-state index is 12.4. The molecule has 3 rings (SSSR count). The monoisotopic (exact) mass is 435 g/mol. The minimum absolute atomic E-state index is 0.172. The van der Waals surface area contributed by atoms with Crippen molar-refractivity contribution in [1.82, 2.24) is 5.32 Å². The van der Waals surface area contributed by atoms with E-state index >= 15 is 0 Å². The van der Waals surface area contributed by atoms with Gasteiger partial charge in [-0.1, -0.05) is 60.6 Å². The van der Waals surface area contributed by atoms with Crippen LogP contribution in [-0.4, -0.2) is 37.4 Å². The van der Waals surface area contributed by atoms with E-state index in [-0.39, 0.29) is 11.6 Å². The van der Waals surface area contributed by atoms with Gasteiger partial charge in [0.1, 0.15) is 23.7 Å². The fourth-order valence-corrected chi connectivity index (χ4v) is 3.89. The molecular formula is C27H33NO4. The summed E-state index contributed by atoms with van der Waals surface area (Å²) in [6.07, 6.45) is 9.67. The van der Waals surface area contributed by atoms with E-state index in [4.69, 9.17) is 9.47 Å². The lowest BCUT2D eigenvalue weighted by Gasteiger charge is -2.25. The van der Waals surface area contributed by atoms with Crippen molar-refractivity contribution in [3.63, 3.8) is 0 Å². The summed E-state index contributed by atoms with van der Waals surface area (Å²) in [5.41, 5.74) is 3.64.